The Hall–Kier alpha value is -3.03. The van der Waals surface area contributed by atoms with E-state index < -0.39 is 35.3 Å². The summed E-state index contributed by atoms with van der Waals surface area (Å²) in [6, 6.07) is 5.99. The molecule has 2 heterocycles. The zero-order chi connectivity index (χ0) is 20.8. The predicted octanol–water partition coefficient (Wildman–Crippen LogP) is 1.46. The van der Waals surface area contributed by atoms with Crippen molar-refractivity contribution in [3.63, 3.8) is 0 Å². The lowest BCUT2D eigenvalue weighted by atomic mass is 9.92. The Morgan fingerprint density at radius 2 is 1.75 bits per heavy atom. The molecular weight excluding hydrogens is 362 g/mol. The Morgan fingerprint density at radius 3 is 2.29 bits per heavy atom. The summed E-state index contributed by atoms with van der Waals surface area (Å²) in [7, 11) is 1.20. The SMILES string of the molecule is COC(=O)C1=NN(C(C)(C)CC(C)=O)[C@H]2C(=O)N(c3ccc(C)cc3)C(=O)[C@H]12. The Morgan fingerprint density at radius 1 is 1.14 bits per heavy atom. The van der Waals surface area contributed by atoms with Crippen molar-refractivity contribution < 1.29 is 23.9 Å². The highest BCUT2D eigenvalue weighted by atomic mass is 16.5. The number of Topliss-reactive ketones (excluding diaryl/α,β-unsaturated/α-hetero) is 1. The van der Waals surface area contributed by atoms with Gasteiger partial charge in [-0.15, -0.1) is 0 Å². The van der Waals surface area contributed by atoms with E-state index in [0.717, 1.165) is 10.5 Å². The minimum atomic E-state index is -1.06. The van der Waals surface area contributed by atoms with Crippen molar-refractivity contribution in [2.75, 3.05) is 12.0 Å². The van der Waals surface area contributed by atoms with Gasteiger partial charge in [0.15, 0.2) is 5.71 Å². The molecule has 2 aliphatic rings. The molecule has 8 nitrogen and oxygen atoms in total. The molecule has 1 aromatic carbocycles. The van der Waals surface area contributed by atoms with Crippen LogP contribution in [0.2, 0.25) is 0 Å². The van der Waals surface area contributed by atoms with Crippen LogP contribution in [0.25, 0.3) is 0 Å². The van der Waals surface area contributed by atoms with E-state index in [2.05, 4.69) is 5.10 Å². The zero-order valence-corrected chi connectivity index (χ0v) is 16.6. The quantitative estimate of drug-likeness (QED) is 0.562. The largest absolute Gasteiger partial charge is 0.464 e. The van der Waals surface area contributed by atoms with Gasteiger partial charge in [-0.3, -0.25) is 19.4 Å². The fourth-order valence-electron chi connectivity index (χ4n) is 3.83. The van der Waals surface area contributed by atoms with Crippen LogP contribution in [0.4, 0.5) is 5.69 Å². The van der Waals surface area contributed by atoms with E-state index in [-0.39, 0.29) is 17.9 Å². The molecular formula is C20H23N3O5. The first-order valence-electron chi connectivity index (χ1n) is 8.98. The van der Waals surface area contributed by atoms with Crippen molar-refractivity contribution in [1.82, 2.24) is 5.01 Å². The Bertz CT molecular complexity index is 888. The van der Waals surface area contributed by atoms with Crippen molar-refractivity contribution in [1.29, 1.82) is 0 Å². The van der Waals surface area contributed by atoms with E-state index in [1.807, 2.05) is 6.92 Å². The number of benzene rings is 1. The summed E-state index contributed by atoms with van der Waals surface area (Å²) in [6.07, 6.45) is 0.111. The topological polar surface area (TPSA) is 96.3 Å². The maximum atomic E-state index is 13.2. The Kier molecular flexibility index (Phi) is 4.82. The van der Waals surface area contributed by atoms with Crippen LogP contribution >= 0.6 is 0 Å². The highest BCUT2D eigenvalue weighted by Crippen LogP contribution is 2.39. The molecule has 0 bridgehead atoms. The molecule has 1 aromatic rings. The lowest BCUT2D eigenvalue weighted by molar-refractivity contribution is -0.133. The summed E-state index contributed by atoms with van der Waals surface area (Å²) < 4.78 is 4.78. The fraction of sp³-hybridized carbons (Fsp3) is 0.450. The summed E-state index contributed by atoms with van der Waals surface area (Å²) in [5.74, 6) is -2.91. The maximum absolute atomic E-state index is 13.2. The molecule has 0 unspecified atom stereocenters. The second-order valence-corrected chi connectivity index (χ2v) is 7.78. The molecule has 0 aromatic heterocycles. The summed E-state index contributed by atoms with van der Waals surface area (Å²) in [5.41, 5.74) is 0.453. The number of nitrogens with zero attached hydrogens (tertiary/aromatic N) is 3. The molecule has 0 saturated carbocycles. The van der Waals surface area contributed by atoms with Crippen molar-refractivity contribution in [2.45, 2.75) is 45.7 Å². The van der Waals surface area contributed by atoms with Gasteiger partial charge in [0, 0.05) is 6.42 Å². The highest BCUT2D eigenvalue weighted by molar-refractivity contribution is 6.46. The van der Waals surface area contributed by atoms with Crippen molar-refractivity contribution in [3.05, 3.63) is 29.8 Å². The maximum Gasteiger partial charge on any atom is 0.355 e. The number of aryl methyl sites for hydroxylation is 1. The van der Waals surface area contributed by atoms with Gasteiger partial charge in [0.2, 0.25) is 5.91 Å². The van der Waals surface area contributed by atoms with Crippen LogP contribution < -0.4 is 4.90 Å². The van der Waals surface area contributed by atoms with E-state index in [9.17, 15) is 19.2 Å². The average Bonchev–Trinajstić information content (AvgIpc) is 3.13. The van der Waals surface area contributed by atoms with Gasteiger partial charge in [-0.05, 0) is 39.8 Å². The van der Waals surface area contributed by atoms with Crippen molar-refractivity contribution in [2.24, 2.45) is 11.0 Å². The van der Waals surface area contributed by atoms with Crippen molar-refractivity contribution >= 4 is 35.0 Å². The molecule has 1 saturated heterocycles. The summed E-state index contributed by atoms with van der Waals surface area (Å²) in [4.78, 5) is 51.4. The third-order valence-electron chi connectivity index (χ3n) is 5.04. The van der Waals surface area contributed by atoms with Gasteiger partial charge < -0.3 is 4.74 Å². The number of imide groups is 1. The molecule has 2 atom stereocenters. The number of ether oxygens (including phenoxy) is 1. The first kappa shape index (κ1) is 19.7. The number of methoxy groups -OCH3 is 1. The number of carbonyl (C=O) groups is 4. The molecule has 3 rings (SSSR count). The monoisotopic (exact) mass is 385 g/mol. The molecule has 0 radical (unpaired) electrons. The van der Waals surface area contributed by atoms with Crippen LogP contribution in [0.3, 0.4) is 0 Å². The van der Waals surface area contributed by atoms with E-state index >= 15 is 0 Å². The number of hydrogen-bond acceptors (Lipinski definition) is 7. The van der Waals surface area contributed by atoms with Gasteiger partial charge in [-0.25, -0.2) is 9.69 Å². The van der Waals surface area contributed by atoms with Crippen LogP contribution in [0.15, 0.2) is 29.4 Å². The molecule has 0 N–H and O–H groups in total. The number of fused-ring (bicyclic) bond motifs is 1. The number of hydrogen-bond donors (Lipinski definition) is 0. The number of ketones is 1. The molecule has 148 valence electrons. The number of amides is 2. The number of carbonyl (C=O) groups excluding carboxylic acids is 4. The van der Waals surface area contributed by atoms with Gasteiger partial charge in [0.1, 0.15) is 17.7 Å². The van der Waals surface area contributed by atoms with Crippen LogP contribution in [0, 0.1) is 12.8 Å². The average molecular weight is 385 g/mol. The minimum Gasteiger partial charge on any atom is -0.464 e. The van der Waals surface area contributed by atoms with Gasteiger partial charge in [-0.2, -0.15) is 5.10 Å². The molecule has 1 fully saturated rings. The third kappa shape index (κ3) is 3.08. The van der Waals surface area contributed by atoms with Gasteiger partial charge in [-0.1, -0.05) is 17.7 Å². The van der Waals surface area contributed by atoms with Crippen LogP contribution in [-0.2, 0) is 23.9 Å². The normalized spacial score (nSPS) is 21.7. The highest BCUT2D eigenvalue weighted by Gasteiger charge is 2.60. The summed E-state index contributed by atoms with van der Waals surface area (Å²) in [5, 5.41) is 5.68. The molecule has 28 heavy (non-hydrogen) atoms. The Balaban J connectivity index is 2.07. The van der Waals surface area contributed by atoms with E-state index in [4.69, 9.17) is 4.74 Å². The lowest BCUT2D eigenvalue weighted by Gasteiger charge is -2.36. The zero-order valence-electron chi connectivity index (χ0n) is 16.6. The van der Waals surface area contributed by atoms with Gasteiger partial charge in [0.25, 0.3) is 5.91 Å². The van der Waals surface area contributed by atoms with Crippen LogP contribution in [0.5, 0.6) is 0 Å². The minimum absolute atomic E-state index is 0.0876. The number of esters is 1. The summed E-state index contributed by atoms with van der Waals surface area (Å²) >= 11 is 0. The molecule has 0 aliphatic carbocycles. The molecule has 0 spiro atoms. The first-order valence-corrected chi connectivity index (χ1v) is 8.98. The van der Waals surface area contributed by atoms with Crippen LogP contribution in [-0.4, -0.2) is 53.0 Å². The Labute approximate surface area is 163 Å². The smallest absolute Gasteiger partial charge is 0.355 e. The number of anilines is 1. The van der Waals surface area contributed by atoms with Crippen molar-refractivity contribution in [3.8, 4) is 0 Å². The lowest BCUT2D eigenvalue weighted by Crippen LogP contribution is -2.50. The van der Waals surface area contributed by atoms with Gasteiger partial charge >= 0.3 is 5.97 Å². The first-order chi connectivity index (χ1) is 13.1. The van der Waals surface area contributed by atoms with E-state index in [1.54, 1.807) is 38.1 Å². The van der Waals surface area contributed by atoms with Crippen LogP contribution in [0.1, 0.15) is 32.8 Å². The number of hydrazone groups is 1. The fourth-order valence-corrected chi connectivity index (χ4v) is 3.83. The van der Waals surface area contributed by atoms with Gasteiger partial charge in [0.05, 0.1) is 18.3 Å². The molecule has 2 amide bonds. The second-order valence-electron chi connectivity index (χ2n) is 7.78. The standard InChI is InChI=1S/C20H23N3O5/c1-11-6-8-13(9-7-11)22-17(25)14-15(19(27)28-5)21-23(16(14)18(22)26)20(3,4)10-12(2)24/h6-9,14,16H,10H2,1-5H3/t14-,16-/m1/s1. The molecule has 8 heteroatoms. The van der Waals surface area contributed by atoms with E-state index in [1.165, 1.54) is 19.0 Å². The summed E-state index contributed by atoms with van der Waals surface area (Å²) in [6.45, 7) is 6.85. The number of rotatable bonds is 5. The second kappa shape index (κ2) is 6.85. The third-order valence-corrected chi connectivity index (χ3v) is 5.04. The van der Waals surface area contributed by atoms with E-state index in [0.29, 0.717) is 5.69 Å². The molecule has 2 aliphatic heterocycles. The predicted molar refractivity (Wildman–Crippen MR) is 102 cm³/mol.